The van der Waals surface area contributed by atoms with Crippen molar-refractivity contribution in [1.29, 1.82) is 0 Å². The average Bonchev–Trinajstić information content (AvgIpc) is 2.67. The van der Waals surface area contributed by atoms with Crippen LogP contribution in [0.2, 0.25) is 5.02 Å². The summed E-state index contributed by atoms with van der Waals surface area (Å²) < 4.78 is 49.2. The van der Waals surface area contributed by atoms with Crippen LogP contribution in [0.4, 0.5) is 18.9 Å². The second-order valence-electron chi connectivity index (χ2n) is 6.03. The summed E-state index contributed by atoms with van der Waals surface area (Å²) >= 11 is 5.76. The molecular formula is C20H19ClF3NO4. The number of amides is 1. The lowest BCUT2D eigenvalue weighted by Crippen LogP contribution is -2.16. The molecule has 0 unspecified atom stereocenters. The van der Waals surface area contributed by atoms with Crippen LogP contribution in [0.1, 0.15) is 28.8 Å². The van der Waals surface area contributed by atoms with Crippen molar-refractivity contribution in [2.45, 2.75) is 19.0 Å². The largest absolute Gasteiger partial charge is 0.489 e. The van der Waals surface area contributed by atoms with Crippen molar-refractivity contribution >= 4 is 29.0 Å². The Balaban J connectivity index is 2.06. The molecule has 0 aromatic heterocycles. The number of hydrogen-bond donors (Lipinski definition) is 1. The van der Waals surface area contributed by atoms with E-state index < -0.39 is 17.6 Å². The first kappa shape index (κ1) is 22.7. The molecule has 2 aromatic rings. The Morgan fingerprint density at radius 2 is 1.72 bits per heavy atom. The number of halogens is 4. The predicted molar refractivity (Wildman–Crippen MR) is 102 cm³/mol. The van der Waals surface area contributed by atoms with Gasteiger partial charge in [0.15, 0.2) is 5.78 Å². The topological polar surface area (TPSA) is 64.6 Å². The molecule has 2 rings (SSSR count). The third-order valence-corrected chi connectivity index (χ3v) is 4.12. The maximum Gasteiger partial charge on any atom is 0.416 e. The van der Waals surface area contributed by atoms with Gasteiger partial charge in [0.05, 0.1) is 17.9 Å². The molecule has 0 aliphatic carbocycles. The summed E-state index contributed by atoms with van der Waals surface area (Å²) in [6, 6.07) is 8.98. The summed E-state index contributed by atoms with van der Waals surface area (Å²) in [5.74, 6) is -0.812. The molecule has 156 valence electrons. The highest BCUT2D eigenvalue weighted by Crippen LogP contribution is 2.35. The van der Waals surface area contributed by atoms with E-state index in [0.717, 1.165) is 18.2 Å². The maximum absolute atomic E-state index is 13.0. The number of rotatable bonds is 9. The highest BCUT2D eigenvalue weighted by Gasteiger charge is 2.31. The van der Waals surface area contributed by atoms with Crippen molar-refractivity contribution in [1.82, 2.24) is 0 Å². The van der Waals surface area contributed by atoms with Crippen LogP contribution in [0.25, 0.3) is 0 Å². The van der Waals surface area contributed by atoms with E-state index in [1.165, 1.54) is 19.2 Å². The first-order chi connectivity index (χ1) is 13.7. The van der Waals surface area contributed by atoms with Crippen LogP contribution in [0.3, 0.4) is 0 Å². The molecule has 0 saturated heterocycles. The summed E-state index contributed by atoms with van der Waals surface area (Å²) in [5.41, 5.74) is -0.658. The van der Waals surface area contributed by atoms with Crippen LogP contribution >= 0.6 is 11.6 Å². The van der Waals surface area contributed by atoms with E-state index in [-0.39, 0.29) is 43.3 Å². The number of ketones is 1. The van der Waals surface area contributed by atoms with Gasteiger partial charge in [-0.25, -0.2) is 0 Å². The summed E-state index contributed by atoms with van der Waals surface area (Å²) in [5, 5.41) is 2.86. The molecule has 0 saturated carbocycles. The van der Waals surface area contributed by atoms with E-state index in [1.54, 1.807) is 12.1 Å². The highest BCUT2D eigenvalue weighted by atomic mass is 35.5. The van der Waals surface area contributed by atoms with Gasteiger partial charge in [-0.2, -0.15) is 13.2 Å². The third kappa shape index (κ3) is 7.07. The van der Waals surface area contributed by atoms with Crippen LogP contribution in [0, 0.1) is 0 Å². The Kier molecular flexibility index (Phi) is 8.04. The van der Waals surface area contributed by atoms with E-state index >= 15 is 0 Å². The van der Waals surface area contributed by atoms with Crippen LogP contribution in [-0.2, 0) is 15.7 Å². The number of anilines is 1. The molecule has 0 spiro atoms. The molecule has 0 radical (unpaired) electrons. The van der Waals surface area contributed by atoms with Gasteiger partial charge >= 0.3 is 6.18 Å². The van der Waals surface area contributed by atoms with E-state index in [2.05, 4.69) is 5.32 Å². The number of nitrogens with one attached hydrogen (secondary N) is 1. The first-order valence-electron chi connectivity index (χ1n) is 8.62. The van der Waals surface area contributed by atoms with Crippen LogP contribution in [0.15, 0.2) is 42.5 Å². The fourth-order valence-electron chi connectivity index (χ4n) is 2.38. The zero-order valence-electron chi connectivity index (χ0n) is 15.5. The molecule has 0 atom stereocenters. The minimum absolute atomic E-state index is 0.0763. The lowest BCUT2D eigenvalue weighted by Gasteiger charge is -2.15. The number of alkyl halides is 3. The van der Waals surface area contributed by atoms with Gasteiger partial charge in [-0.05, 0) is 42.5 Å². The smallest absolute Gasteiger partial charge is 0.416 e. The summed E-state index contributed by atoms with van der Waals surface area (Å²) in [4.78, 5) is 24.3. The van der Waals surface area contributed by atoms with Gasteiger partial charge in [-0.3, -0.25) is 9.59 Å². The number of carbonyl (C=O) groups excluding carboxylic acids is 2. The third-order valence-electron chi connectivity index (χ3n) is 3.87. The Bertz CT molecular complexity index is 854. The molecule has 9 heteroatoms. The van der Waals surface area contributed by atoms with Crippen LogP contribution in [-0.4, -0.2) is 32.0 Å². The second kappa shape index (κ2) is 10.3. The number of benzene rings is 2. The van der Waals surface area contributed by atoms with E-state index in [1.807, 2.05) is 0 Å². The molecular weight excluding hydrogens is 411 g/mol. The molecule has 0 aliphatic rings. The molecule has 1 N–H and O–H groups in total. The van der Waals surface area contributed by atoms with Gasteiger partial charge in [0, 0.05) is 30.5 Å². The molecule has 0 heterocycles. The number of ether oxygens (including phenoxy) is 2. The van der Waals surface area contributed by atoms with Crippen LogP contribution < -0.4 is 10.1 Å². The fraction of sp³-hybridized carbons (Fsp3) is 0.300. The summed E-state index contributed by atoms with van der Waals surface area (Å²) in [7, 11) is 1.45. The van der Waals surface area contributed by atoms with Crippen LogP contribution in [0.5, 0.6) is 5.75 Å². The van der Waals surface area contributed by atoms with E-state index in [0.29, 0.717) is 10.6 Å². The zero-order valence-corrected chi connectivity index (χ0v) is 16.3. The number of methoxy groups -OCH3 is 1. The number of hydrogen-bond acceptors (Lipinski definition) is 4. The first-order valence-corrected chi connectivity index (χ1v) is 9.00. The Morgan fingerprint density at radius 3 is 2.34 bits per heavy atom. The quantitative estimate of drug-likeness (QED) is 0.450. The lowest BCUT2D eigenvalue weighted by molar-refractivity contribution is -0.137. The molecule has 2 aromatic carbocycles. The Morgan fingerprint density at radius 1 is 1.03 bits per heavy atom. The summed E-state index contributed by atoms with van der Waals surface area (Å²) in [6.07, 6.45) is -4.88. The average molecular weight is 430 g/mol. The van der Waals surface area contributed by atoms with Crippen molar-refractivity contribution in [3.8, 4) is 5.75 Å². The Hall–Kier alpha value is -2.58. The maximum atomic E-state index is 13.0. The highest BCUT2D eigenvalue weighted by molar-refractivity contribution is 6.30. The van der Waals surface area contributed by atoms with E-state index in [9.17, 15) is 22.8 Å². The number of Topliss-reactive ketones (excluding diaryl/α,β-unsaturated/α-hetero) is 1. The van der Waals surface area contributed by atoms with Gasteiger partial charge in [0.25, 0.3) is 0 Å². The van der Waals surface area contributed by atoms with Gasteiger partial charge in [-0.1, -0.05) is 11.6 Å². The monoisotopic (exact) mass is 429 g/mol. The van der Waals surface area contributed by atoms with Crippen molar-refractivity contribution in [2.24, 2.45) is 0 Å². The molecule has 0 bridgehead atoms. The normalized spacial score (nSPS) is 11.2. The minimum Gasteiger partial charge on any atom is -0.489 e. The molecule has 29 heavy (non-hydrogen) atoms. The molecule has 0 fully saturated rings. The standard InChI is InChI=1S/C20H19ClF3NO4/c1-28-10-11-29-18-8-4-14(20(22,23)24)12-16(18)25-19(27)9-7-17(26)13-2-5-15(21)6-3-13/h2-6,8,12H,7,9-11H2,1H3,(H,25,27). The van der Waals surface area contributed by atoms with Gasteiger partial charge < -0.3 is 14.8 Å². The van der Waals surface area contributed by atoms with Crippen molar-refractivity contribution < 1.29 is 32.2 Å². The fourth-order valence-corrected chi connectivity index (χ4v) is 2.51. The lowest BCUT2D eigenvalue weighted by atomic mass is 10.1. The minimum atomic E-state index is -4.57. The van der Waals surface area contributed by atoms with Gasteiger partial charge in [0.2, 0.25) is 5.91 Å². The number of carbonyl (C=O) groups is 2. The Labute approximate surface area is 170 Å². The molecule has 5 nitrogen and oxygen atoms in total. The van der Waals surface area contributed by atoms with Crippen molar-refractivity contribution in [3.05, 3.63) is 58.6 Å². The molecule has 0 aliphatic heterocycles. The molecule has 1 amide bonds. The summed E-state index contributed by atoms with van der Waals surface area (Å²) in [6.45, 7) is 0.323. The van der Waals surface area contributed by atoms with Crippen molar-refractivity contribution in [3.63, 3.8) is 0 Å². The van der Waals surface area contributed by atoms with E-state index in [4.69, 9.17) is 21.1 Å². The van der Waals surface area contributed by atoms with Crippen molar-refractivity contribution in [2.75, 3.05) is 25.6 Å². The zero-order chi connectivity index (χ0) is 21.4. The van der Waals surface area contributed by atoms with Gasteiger partial charge in [0.1, 0.15) is 12.4 Å². The SMILES string of the molecule is COCCOc1ccc(C(F)(F)F)cc1NC(=O)CCC(=O)c1ccc(Cl)cc1. The predicted octanol–water partition coefficient (Wildman–Crippen LogP) is 4.99. The van der Waals surface area contributed by atoms with Gasteiger partial charge in [-0.15, -0.1) is 0 Å². The second-order valence-corrected chi connectivity index (χ2v) is 6.46.